The van der Waals surface area contributed by atoms with Crippen molar-refractivity contribution in [3.05, 3.63) is 17.5 Å². The number of guanidine groups is 1. The smallest absolute Gasteiger partial charge is 0.191 e. The Morgan fingerprint density at radius 1 is 1.21 bits per heavy atom. The van der Waals surface area contributed by atoms with Crippen molar-refractivity contribution in [3.8, 4) is 0 Å². The minimum absolute atomic E-state index is 0.324. The van der Waals surface area contributed by atoms with Crippen LogP contribution in [0.25, 0.3) is 0 Å². The van der Waals surface area contributed by atoms with Crippen molar-refractivity contribution >= 4 is 5.96 Å². The number of aliphatic imine (C=N–C) groups is 1. The Labute approximate surface area is 169 Å². The number of aromatic nitrogens is 1. The number of nitrogens with zero attached hydrogens (tertiary/aromatic N) is 3. The summed E-state index contributed by atoms with van der Waals surface area (Å²) >= 11 is 0. The van der Waals surface area contributed by atoms with Crippen molar-refractivity contribution in [2.45, 2.75) is 58.4 Å². The molecule has 1 aromatic heterocycles. The van der Waals surface area contributed by atoms with E-state index in [2.05, 4.69) is 39.5 Å². The molecule has 28 heavy (non-hydrogen) atoms. The van der Waals surface area contributed by atoms with E-state index in [-0.39, 0.29) is 0 Å². The molecule has 1 saturated carbocycles. The van der Waals surface area contributed by atoms with E-state index in [0.29, 0.717) is 17.9 Å². The van der Waals surface area contributed by atoms with Gasteiger partial charge in [-0.1, -0.05) is 38.3 Å². The summed E-state index contributed by atoms with van der Waals surface area (Å²) in [6.45, 7) is 10.8. The summed E-state index contributed by atoms with van der Waals surface area (Å²) in [5.74, 6) is 2.04. The molecule has 158 valence electrons. The highest BCUT2D eigenvalue weighted by atomic mass is 16.5. The molecular formula is C21H37N5O2. The Balaban J connectivity index is 1.52. The number of nitrogens with one attached hydrogen (secondary N) is 2. The summed E-state index contributed by atoms with van der Waals surface area (Å²) in [5, 5.41) is 11.1. The summed E-state index contributed by atoms with van der Waals surface area (Å²) in [5.41, 5.74) is 1.32. The molecule has 0 unspecified atom stereocenters. The second-order valence-corrected chi connectivity index (χ2v) is 8.60. The molecule has 2 N–H and O–H groups in total. The van der Waals surface area contributed by atoms with Crippen molar-refractivity contribution in [2.75, 3.05) is 46.4 Å². The molecule has 7 nitrogen and oxygen atoms in total. The zero-order valence-electron chi connectivity index (χ0n) is 17.8. The second-order valence-electron chi connectivity index (χ2n) is 8.60. The van der Waals surface area contributed by atoms with E-state index in [9.17, 15) is 0 Å². The van der Waals surface area contributed by atoms with E-state index in [1.54, 1.807) is 0 Å². The lowest BCUT2D eigenvalue weighted by atomic mass is 9.73. The fourth-order valence-electron chi connectivity index (χ4n) is 4.27. The number of morpholine rings is 1. The van der Waals surface area contributed by atoms with Crippen LogP contribution in [-0.2, 0) is 11.3 Å². The molecular weight excluding hydrogens is 354 g/mol. The van der Waals surface area contributed by atoms with Crippen molar-refractivity contribution in [3.63, 3.8) is 0 Å². The van der Waals surface area contributed by atoms with Gasteiger partial charge >= 0.3 is 0 Å². The van der Waals surface area contributed by atoms with Gasteiger partial charge in [0.25, 0.3) is 0 Å². The minimum atomic E-state index is 0.324. The van der Waals surface area contributed by atoms with Crippen LogP contribution in [0.3, 0.4) is 0 Å². The SMILES string of the molecule is CN=C(NCc1cc(C(C)C)no1)NCC1(CN2CCOCC2)CCCCC1. The maximum atomic E-state index is 5.53. The minimum Gasteiger partial charge on any atom is -0.379 e. The molecule has 1 aliphatic carbocycles. The van der Waals surface area contributed by atoms with Gasteiger partial charge in [-0.25, -0.2) is 0 Å². The van der Waals surface area contributed by atoms with Crippen LogP contribution >= 0.6 is 0 Å². The predicted octanol–water partition coefficient (Wildman–Crippen LogP) is 2.75. The molecule has 0 aromatic carbocycles. The first-order valence-electron chi connectivity index (χ1n) is 10.8. The zero-order valence-corrected chi connectivity index (χ0v) is 17.8. The molecule has 0 spiro atoms. The van der Waals surface area contributed by atoms with E-state index in [4.69, 9.17) is 9.26 Å². The van der Waals surface area contributed by atoms with Gasteiger partial charge in [0.2, 0.25) is 0 Å². The summed E-state index contributed by atoms with van der Waals surface area (Å²) in [6, 6.07) is 2.02. The summed E-state index contributed by atoms with van der Waals surface area (Å²) < 4.78 is 10.9. The van der Waals surface area contributed by atoms with Crippen molar-refractivity contribution in [1.29, 1.82) is 0 Å². The van der Waals surface area contributed by atoms with Crippen molar-refractivity contribution in [1.82, 2.24) is 20.7 Å². The van der Waals surface area contributed by atoms with Crippen LogP contribution in [0.1, 0.15) is 63.3 Å². The molecule has 2 fully saturated rings. The highest BCUT2D eigenvalue weighted by Gasteiger charge is 2.34. The first-order valence-corrected chi connectivity index (χ1v) is 10.8. The first-order chi connectivity index (χ1) is 13.6. The van der Waals surface area contributed by atoms with Crippen LogP contribution < -0.4 is 10.6 Å². The predicted molar refractivity (Wildman–Crippen MR) is 112 cm³/mol. The van der Waals surface area contributed by atoms with E-state index in [1.807, 2.05) is 13.1 Å². The number of rotatable bonds is 7. The Hall–Kier alpha value is -1.60. The van der Waals surface area contributed by atoms with E-state index < -0.39 is 0 Å². The normalized spacial score (nSPS) is 21.1. The monoisotopic (exact) mass is 391 g/mol. The van der Waals surface area contributed by atoms with Crippen LogP contribution in [0.15, 0.2) is 15.6 Å². The van der Waals surface area contributed by atoms with Gasteiger partial charge in [0, 0.05) is 44.7 Å². The molecule has 1 aromatic rings. The molecule has 3 rings (SSSR count). The lowest BCUT2D eigenvalue weighted by Crippen LogP contribution is -2.51. The van der Waals surface area contributed by atoms with Crippen molar-refractivity contribution < 1.29 is 9.26 Å². The van der Waals surface area contributed by atoms with E-state index in [0.717, 1.165) is 56.8 Å². The van der Waals surface area contributed by atoms with Gasteiger partial charge < -0.3 is 19.9 Å². The quantitative estimate of drug-likeness (QED) is 0.550. The highest BCUT2D eigenvalue weighted by Crippen LogP contribution is 2.36. The van der Waals surface area contributed by atoms with Gasteiger partial charge in [-0.3, -0.25) is 9.89 Å². The van der Waals surface area contributed by atoms with Gasteiger partial charge in [0.1, 0.15) is 0 Å². The molecule has 0 amide bonds. The summed E-state index contributed by atoms with van der Waals surface area (Å²) in [6.07, 6.45) is 6.59. The number of hydrogen-bond acceptors (Lipinski definition) is 5. The van der Waals surface area contributed by atoms with Crippen molar-refractivity contribution in [2.24, 2.45) is 10.4 Å². The summed E-state index contributed by atoms with van der Waals surface area (Å²) in [4.78, 5) is 6.98. The molecule has 0 bridgehead atoms. The third-order valence-corrected chi connectivity index (χ3v) is 6.03. The standard InChI is InChI=1S/C21H37N5O2/c1-17(2)19-13-18(28-25-19)14-23-20(22-3)24-15-21(7-5-4-6-8-21)16-26-9-11-27-12-10-26/h13,17H,4-12,14-16H2,1-3H3,(H2,22,23,24). The Bertz CT molecular complexity index is 616. The largest absolute Gasteiger partial charge is 0.379 e. The molecule has 1 aliphatic heterocycles. The van der Waals surface area contributed by atoms with E-state index >= 15 is 0 Å². The van der Waals surface area contributed by atoms with Crippen LogP contribution in [0, 0.1) is 5.41 Å². The Kier molecular flexibility index (Phi) is 7.73. The highest BCUT2D eigenvalue weighted by molar-refractivity contribution is 5.79. The Morgan fingerprint density at radius 2 is 1.96 bits per heavy atom. The van der Waals surface area contributed by atoms with Crippen LogP contribution in [0.5, 0.6) is 0 Å². The third kappa shape index (κ3) is 5.95. The average Bonchev–Trinajstić information content (AvgIpc) is 3.19. The third-order valence-electron chi connectivity index (χ3n) is 6.03. The maximum absolute atomic E-state index is 5.53. The molecule has 2 heterocycles. The van der Waals surface area contributed by atoms with E-state index in [1.165, 1.54) is 32.1 Å². The number of ether oxygens (including phenoxy) is 1. The molecule has 0 atom stereocenters. The average molecular weight is 392 g/mol. The maximum Gasteiger partial charge on any atom is 0.191 e. The van der Waals surface area contributed by atoms with Crippen LogP contribution in [-0.4, -0.2) is 62.5 Å². The van der Waals surface area contributed by atoms with Gasteiger partial charge in [0.05, 0.1) is 25.5 Å². The lowest BCUT2D eigenvalue weighted by Gasteiger charge is -2.42. The fourth-order valence-corrected chi connectivity index (χ4v) is 4.27. The molecule has 0 radical (unpaired) electrons. The lowest BCUT2D eigenvalue weighted by molar-refractivity contribution is 0.00820. The van der Waals surface area contributed by atoms with Gasteiger partial charge in [-0.05, 0) is 18.8 Å². The van der Waals surface area contributed by atoms with Gasteiger partial charge in [-0.15, -0.1) is 0 Å². The molecule has 2 aliphatic rings. The van der Waals surface area contributed by atoms with Crippen LogP contribution in [0.2, 0.25) is 0 Å². The molecule has 7 heteroatoms. The Morgan fingerprint density at radius 3 is 2.61 bits per heavy atom. The summed E-state index contributed by atoms with van der Waals surface area (Å²) in [7, 11) is 1.82. The van der Waals surface area contributed by atoms with Gasteiger partial charge in [-0.2, -0.15) is 0 Å². The molecule has 1 saturated heterocycles. The fraction of sp³-hybridized carbons (Fsp3) is 0.810. The topological polar surface area (TPSA) is 74.9 Å². The van der Waals surface area contributed by atoms with Gasteiger partial charge in [0.15, 0.2) is 11.7 Å². The second kappa shape index (κ2) is 10.3. The first kappa shape index (κ1) is 21.1. The van der Waals surface area contributed by atoms with Crippen LogP contribution in [0.4, 0.5) is 0 Å². The zero-order chi connectivity index (χ0) is 19.8. The number of hydrogen-bond donors (Lipinski definition) is 2.